The van der Waals surface area contributed by atoms with E-state index in [1.807, 2.05) is 13.0 Å². The fourth-order valence-electron chi connectivity index (χ4n) is 6.86. The molecule has 2 aromatic carbocycles. The standard InChI is InChI=1S/C25H28N2O5/c1-14-8-17(25-12-15-9-16(13-25)11-18(25)10-15)4-5-19(14)26-24(28)22-21(31-2)7-6-20(27(29)30)23(22)32-3/h4-8,15-16,18H,9-13H2,1-3H3,(H,26,28). The number of nitro benzene ring substituents is 1. The minimum absolute atomic E-state index is 0.0120. The summed E-state index contributed by atoms with van der Waals surface area (Å²) in [5.74, 6) is 2.15. The molecule has 0 radical (unpaired) electrons. The zero-order valence-electron chi connectivity index (χ0n) is 18.6. The number of amides is 1. The molecule has 0 heterocycles. The van der Waals surface area contributed by atoms with Gasteiger partial charge in [-0.2, -0.15) is 0 Å². The molecule has 0 aromatic heterocycles. The Bertz CT molecular complexity index is 1100. The van der Waals surface area contributed by atoms with Crippen molar-refractivity contribution in [1.82, 2.24) is 0 Å². The van der Waals surface area contributed by atoms with E-state index < -0.39 is 10.8 Å². The molecule has 2 unspecified atom stereocenters. The summed E-state index contributed by atoms with van der Waals surface area (Å²) in [6, 6.07) is 9.04. The van der Waals surface area contributed by atoms with Gasteiger partial charge in [-0.1, -0.05) is 12.1 Å². The van der Waals surface area contributed by atoms with Gasteiger partial charge >= 0.3 is 5.69 Å². The van der Waals surface area contributed by atoms with Crippen molar-refractivity contribution in [2.75, 3.05) is 19.5 Å². The van der Waals surface area contributed by atoms with Crippen molar-refractivity contribution >= 4 is 17.3 Å². The van der Waals surface area contributed by atoms with Crippen LogP contribution in [0.4, 0.5) is 11.4 Å². The van der Waals surface area contributed by atoms with Crippen LogP contribution in [0.5, 0.6) is 11.5 Å². The van der Waals surface area contributed by atoms with Gasteiger partial charge in [0.2, 0.25) is 5.75 Å². The summed E-state index contributed by atoms with van der Waals surface area (Å²) in [5.41, 5.74) is 3.11. The number of methoxy groups -OCH3 is 2. The first-order chi connectivity index (χ1) is 15.4. The highest BCUT2D eigenvalue weighted by Gasteiger charge is 2.58. The number of aryl methyl sites for hydroxylation is 1. The molecule has 4 aliphatic rings. The van der Waals surface area contributed by atoms with Gasteiger partial charge in [-0.05, 0) is 85.5 Å². The first kappa shape index (κ1) is 20.8. The maximum Gasteiger partial charge on any atom is 0.312 e. The van der Waals surface area contributed by atoms with Crippen LogP contribution in [-0.2, 0) is 5.41 Å². The Balaban J connectivity index is 1.45. The van der Waals surface area contributed by atoms with E-state index in [1.165, 1.54) is 64.0 Å². The number of carbonyl (C=O) groups is 1. The fourth-order valence-corrected chi connectivity index (χ4v) is 6.86. The van der Waals surface area contributed by atoms with Crippen LogP contribution in [0.15, 0.2) is 30.3 Å². The molecule has 32 heavy (non-hydrogen) atoms. The molecule has 4 saturated carbocycles. The van der Waals surface area contributed by atoms with Gasteiger partial charge in [-0.25, -0.2) is 0 Å². The minimum atomic E-state index is -0.571. The first-order valence-corrected chi connectivity index (χ1v) is 11.2. The van der Waals surface area contributed by atoms with Crippen molar-refractivity contribution in [1.29, 1.82) is 0 Å². The van der Waals surface area contributed by atoms with E-state index in [0.29, 0.717) is 11.1 Å². The third-order valence-corrected chi connectivity index (χ3v) is 7.99. The molecular formula is C25H28N2O5. The fraction of sp³-hybridized carbons (Fsp3) is 0.480. The smallest absolute Gasteiger partial charge is 0.312 e. The van der Waals surface area contributed by atoms with Crippen molar-refractivity contribution in [3.05, 3.63) is 57.1 Å². The van der Waals surface area contributed by atoms with Crippen LogP contribution >= 0.6 is 0 Å². The second kappa shape index (κ2) is 7.50. The maximum atomic E-state index is 13.2. The first-order valence-electron chi connectivity index (χ1n) is 11.2. The summed E-state index contributed by atoms with van der Waals surface area (Å²) in [5, 5.41) is 14.3. The number of nitro groups is 1. The largest absolute Gasteiger partial charge is 0.496 e. The topological polar surface area (TPSA) is 90.7 Å². The summed E-state index contributed by atoms with van der Waals surface area (Å²) in [4.78, 5) is 24.0. The summed E-state index contributed by atoms with van der Waals surface area (Å²) in [6.45, 7) is 2.00. The van der Waals surface area contributed by atoms with E-state index in [1.54, 1.807) is 0 Å². The number of nitrogens with zero attached hydrogens (tertiary/aromatic N) is 1. The number of carbonyl (C=O) groups excluding carboxylic acids is 1. The highest BCUT2D eigenvalue weighted by atomic mass is 16.6. The molecule has 0 saturated heterocycles. The monoisotopic (exact) mass is 436 g/mol. The van der Waals surface area contributed by atoms with Crippen LogP contribution in [0.3, 0.4) is 0 Å². The van der Waals surface area contributed by atoms with Gasteiger partial charge in [-0.3, -0.25) is 14.9 Å². The average Bonchev–Trinajstić information content (AvgIpc) is 3.18. The predicted molar refractivity (Wildman–Crippen MR) is 121 cm³/mol. The van der Waals surface area contributed by atoms with E-state index in [9.17, 15) is 14.9 Å². The van der Waals surface area contributed by atoms with Gasteiger partial charge in [0, 0.05) is 11.8 Å². The number of nitrogens with one attached hydrogen (secondary N) is 1. The van der Waals surface area contributed by atoms with Crippen LogP contribution in [0, 0.1) is 34.8 Å². The zero-order chi connectivity index (χ0) is 22.6. The molecule has 2 atom stereocenters. The zero-order valence-corrected chi connectivity index (χ0v) is 18.6. The Kier molecular flexibility index (Phi) is 4.87. The molecule has 4 fully saturated rings. The molecule has 4 bridgehead atoms. The number of ether oxygens (including phenoxy) is 2. The van der Waals surface area contributed by atoms with Crippen molar-refractivity contribution < 1.29 is 19.2 Å². The van der Waals surface area contributed by atoms with Crippen LogP contribution in [-0.4, -0.2) is 25.1 Å². The highest BCUT2D eigenvalue weighted by Crippen LogP contribution is 2.66. The van der Waals surface area contributed by atoms with Crippen LogP contribution in [0.25, 0.3) is 0 Å². The second-order valence-electron chi connectivity index (χ2n) is 9.64. The number of hydrogen-bond donors (Lipinski definition) is 1. The Labute approximate surface area is 187 Å². The SMILES string of the molecule is COc1ccc([N+](=O)[O-])c(OC)c1C(=O)Nc1ccc(C23CC4CC(CC2C4)C3)cc1C. The Morgan fingerprint density at radius 2 is 1.81 bits per heavy atom. The van der Waals surface area contributed by atoms with E-state index in [2.05, 4.69) is 17.4 Å². The van der Waals surface area contributed by atoms with Gasteiger partial charge in [0.05, 0.1) is 19.1 Å². The lowest BCUT2D eigenvalue weighted by Crippen LogP contribution is -2.27. The highest BCUT2D eigenvalue weighted by molar-refractivity contribution is 6.09. The summed E-state index contributed by atoms with van der Waals surface area (Å²) < 4.78 is 10.5. The van der Waals surface area contributed by atoms with Gasteiger partial charge in [-0.15, -0.1) is 0 Å². The normalized spacial score (nSPS) is 27.4. The molecule has 1 N–H and O–H groups in total. The molecular weight excluding hydrogens is 408 g/mol. The van der Waals surface area contributed by atoms with Gasteiger partial charge in [0.25, 0.3) is 5.91 Å². The predicted octanol–water partition coefficient (Wildman–Crippen LogP) is 5.25. The molecule has 0 spiro atoms. The van der Waals surface area contributed by atoms with Gasteiger partial charge in [0.15, 0.2) is 0 Å². The van der Waals surface area contributed by atoms with E-state index in [-0.39, 0.29) is 22.7 Å². The number of rotatable bonds is 6. The molecule has 6 rings (SSSR count). The average molecular weight is 437 g/mol. The molecule has 1 amide bonds. The molecule has 7 heteroatoms. The van der Waals surface area contributed by atoms with Crippen molar-refractivity contribution in [2.24, 2.45) is 17.8 Å². The summed E-state index contributed by atoms with van der Waals surface area (Å²) >= 11 is 0. The van der Waals surface area contributed by atoms with E-state index in [0.717, 1.165) is 23.3 Å². The van der Waals surface area contributed by atoms with Crippen molar-refractivity contribution in [2.45, 2.75) is 44.4 Å². The number of benzene rings is 2. The third-order valence-electron chi connectivity index (χ3n) is 7.99. The van der Waals surface area contributed by atoms with Crippen molar-refractivity contribution in [3.8, 4) is 11.5 Å². The van der Waals surface area contributed by atoms with Crippen molar-refractivity contribution in [3.63, 3.8) is 0 Å². The molecule has 4 aliphatic carbocycles. The Morgan fingerprint density at radius 3 is 2.41 bits per heavy atom. The Hall–Kier alpha value is -3.09. The van der Waals surface area contributed by atoms with Crippen LogP contribution < -0.4 is 14.8 Å². The van der Waals surface area contributed by atoms with E-state index >= 15 is 0 Å². The molecule has 0 aliphatic heterocycles. The lowest BCUT2D eigenvalue weighted by Gasteiger charge is -2.34. The lowest BCUT2D eigenvalue weighted by molar-refractivity contribution is -0.385. The third kappa shape index (κ3) is 3.05. The molecule has 7 nitrogen and oxygen atoms in total. The second-order valence-corrected chi connectivity index (χ2v) is 9.64. The van der Waals surface area contributed by atoms with E-state index in [4.69, 9.17) is 9.47 Å². The molecule has 2 aromatic rings. The Morgan fingerprint density at radius 1 is 1.09 bits per heavy atom. The number of hydrogen-bond acceptors (Lipinski definition) is 5. The lowest BCUT2D eigenvalue weighted by atomic mass is 9.71. The molecule has 168 valence electrons. The summed E-state index contributed by atoms with van der Waals surface area (Å²) in [6.07, 6.45) is 6.71. The summed E-state index contributed by atoms with van der Waals surface area (Å²) in [7, 11) is 2.73. The quantitative estimate of drug-likeness (QED) is 0.493. The van der Waals surface area contributed by atoms with Gasteiger partial charge < -0.3 is 14.8 Å². The van der Waals surface area contributed by atoms with Crippen LogP contribution in [0.1, 0.15) is 53.6 Å². The number of anilines is 1. The minimum Gasteiger partial charge on any atom is -0.496 e. The van der Waals surface area contributed by atoms with Crippen LogP contribution in [0.2, 0.25) is 0 Å². The maximum absolute atomic E-state index is 13.2. The van der Waals surface area contributed by atoms with Gasteiger partial charge in [0.1, 0.15) is 11.3 Å².